The van der Waals surface area contributed by atoms with E-state index in [1.165, 1.54) is 24.3 Å². The molecule has 7 heteroatoms. The molecular formula is C13H11N3O4. The van der Waals surface area contributed by atoms with Gasteiger partial charge in [0.05, 0.1) is 17.2 Å². The lowest BCUT2D eigenvalue weighted by molar-refractivity contribution is -0.384. The van der Waals surface area contributed by atoms with Gasteiger partial charge >= 0.3 is 0 Å². The molecule has 0 aliphatic carbocycles. The summed E-state index contributed by atoms with van der Waals surface area (Å²) in [6.45, 7) is 2.09. The van der Waals surface area contributed by atoms with E-state index in [1.54, 1.807) is 12.9 Å². The van der Waals surface area contributed by atoms with Crippen LogP contribution in [0.2, 0.25) is 0 Å². The van der Waals surface area contributed by atoms with Crippen molar-refractivity contribution >= 4 is 17.3 Å². The van der Waals surface area contributed by atoms with E-state index in [-0.39, 0.29) is 22.8 Å². The quantitative estimate of drug-likeness (QED) is 0.505. The molecule has 7 nitrogen and oxygen atoms in total. The summed E-state index contributed by atoms with van der Waals surface area (Å²) in [5.74, 6) is 2.04. The number of nitrogens with two attached hydrogens (primary N) is 1. The second-order valence-corrected chi connectivity index (χ2v) is 3.89. The van der Waals surface area contributed by atoms with Crippen LogP contribution in [0.5, 0.6) is 0 Å². The topological polar surface area (TPSA) is 108 Å². The van der Waals surface area contributed by atoms with Gasteiger partial charge in [-0.3, -0.25) is 10.1 Å². The summed E-state index contributed by atoms with van der Waals surface area (Å²) in [5, 5.41) is 10.6. The Bertz CT molecular complexity index is 667. The van der Waals surface area contributed by atoms with Gasteiger partial charge in [-0.25, -0.2) is 9.79 Å². The van der Waals surface area contributed by atoms with Crippen molar-refractivity contribution in [3.8, 4) is 0 Å². The number of rotatable bonds is 4. The number of hydrogen-bond donors (Lipinski definition) is 1. The van der Waals surface area contributed by atoms with E-state index in [0.29, 0.717) is 17.9 Å². The van der Waals surface area contributed by atoms with E-state index in [1.807, 2.05) is 0 Å². The van der Waals surface area contributed by atoms with Crippen LogP contribution >= 0.6 is 0 Å². The van der Waals surface area contributed by atoms with Crippen LogP contribution < -0.4 is 5.73 Å². The van der Waals surface area contributed by atoms with Crippen LogP contribution in [-0.4, -0.2) is 23.2 Å². The molecule has 2 N–H and O–H groups in total. The average Bonchev–Trinajstić information content (AvgIpc) is 2.76. The molecule has 0 spiro atoms. The highest BCUT2D eigenvalue weighted by Crippen LogP contribution is 2.26. The maximum Gasteiger partial charge on any atom is 0.269 e. The first-order valence-electron chi connectivity index (χ1n) is 5.80. The fourth-order valence-electron chi connectivity index (χ4n) is 1.80. The number of nitro groups is 1. The number of ether oxygens (including phenoxy) is 1. The van der Waals surface area contributed by atoms with Crippen molar-refractivity contribution < 1.29 is 14.5 Å². The normalized spacial score (nSPS) is 14.1. The molecule has 1 aliphatic rings. The van der Waals surface area contributed by atoms with Crippen molar-refractivity contribution in [3.63, 3.8) is 0 Å². The van der Waals surface area contributed by atoms with Gasteiger partial charge in [0, 0.05) is 17.7 Å². The third-order valence-electron chi connectivity index (χ3n) is 2.67. The number of benzene rings is 1. The molecule has 0 radical (unpaired) electrons. The zero-order valence-corrected chi connectivity index (χ0v) is 10.6. The van der Waals surface area contributed by atoms with Crippen LogP contribution in [0.3, 0.4) is 0 Å². The third-order valence-corrected chi connectivity index (χ3v) is 2.67. The minimum atomic E-state index is -0.505. The summed E-state index contributed by atoms with van der Waals surface area (Å²) in [7, 11) is 0. The molecule has 0 fully saturated rings. The minimum Gasteiger partial charge on any atom is -0.489 e. The van der Waals surface area contributed by atoms with Crippen LogP contribution in [0.1, 0.15) is 12.5 Å². The van der Waals surface area contributed by atoms with Gasteiger partial charge in [0.25, 0.3) is 5.69 Å². The molecule has 2 rings (SSSR count). The van der Waals surface area contributed by atoms with Crippen molar-refractivity contribution in [2.45, 2.75) is 6.92 Å². The maximum atomic E-state index is 11.1. The first-order chi connectivity index (χ1) is 9.58. The summed E-state index contributed by atoms with van der Waals surface area (Å²) in [6, 6.07) is 5.65. The van der Waals surface area contributed by atoms with Crippen molar-refractivity contribution in [1.29, 1.82) is 0 Å². The highest BCUT2D eigenvalue weighted by Gasteiger charge is 2.26. The number of allylic oxidation sites excluding steroid dienone is 1. The Kier molecular flexibility index (Phi) is 3.63. The summed E-state index contributed by atoms with van der Waals surface area (Å²) < 4.78 is 5.26. The highest BCUT2D eigenvalue weighted by molar-refractivity contribution is 6.21. The van der Waals surface area contributed by atoms with Gasteiger partial charge < -0.3 is 10.5 Å². The lowest BCUT2D eigenvalue weighted by Crippen LogP contribution is -2.06. The molecule has 0 aromatic heterocycles. The highest BCUT2D eigenvalue weighted by atomic mass is 16.6. The third kappa shape index (κ3) is 2.30. The Morgan fingerprint density at radius 3 is 2.55 bits per heavy atom. The summed E-state index contributed by atoms with van der Waals surface area (Å²) >= 11 is 0. The number of nitro benzene ring substituents is 1. The predicted molar refractivity (Wildman–Crippen MR) is 71.7 cm³/mol. The summed E-state index contributed by atoms with van der Waals surface area (Å²) in [6.07, 6.45) is 0. The smallest absolute Gasteiger partial charge is 0.269 e. The van der Waals surface area contributed by atoms with Crippen molar-refractivity contribution in [2.24, 2.45) is 10.7 Å². The van der Waals surface area contributed by atoms with Gasteiger partial charge in [0.1, 0.15) is 11.5 Å². The Morgan fingerprint density at radius 2 is 2.05 bits per heavy atom. The molecule has 1 aromatic rings. The molecule has 0 atom stereocenters. The Morgan fingerprint density at radius 1 is 1.40 bits per heavy atom. The van der Waals surface area contributed by atoms with Gasteiger partial charge in [-0.15, -0.1) is 0 Å². The van der Waals surface area contributed by atoms with E-state index in [2.05, 4.69) is 4.99 Å². The predicted octanol–water partition coefficient (Wildman–Crippen LogP) is 1.32. The molecule has 0 unspecified atom stereocenters. The van der Waals surface area contributed by atoms with Crippen molar-refractivity contribution in [2.75, 3.05) is 6.61 Å². The first kappa shape index (κ1) is 13.5. The van der Waals surface area contributed by atoms with Gasteiger partial charge in [0.2, 0.25) is 0 Å². The van der Waals surface area contributed by atoms with E-state index in [9.17, 15) is 14.9 Å². The molecule has 20 heavy (non-hydrogen) atoms. The minimum absolute atomic E-state index is 0.0463. The van der Waals surface area contributed by atoms with Crippen molar-refractivity contribution in [1.82, 2.24) is 0 Å². The maximum absolute atomic E-state index is 11.1. The molecule has 0 bridgehead atoms. The van der Waals surface area contributed by atoms with E-state index >= 15 is 0 Å². The van der Waals surface area contributed by atoms with Crippen LogP contribution in [0, 0.1) is 10.1 Å². The van der Waals surface area contributed by atoms with Gasteiger partial charge in [-0.2, -0.15) is 0 Å². The van der Waals surface area contributed by atoms with Crippen molar-refractivity contribution in [3.05, 3.63) is 57.1 Å². The molecule has 1 heterocycles. The van der Waals surface area contributed by atoms with Crippen LogP contribution in [-0.2, 0) is 9.53 Å². The van der Waals surface area contributed by atoms with Gasteiger partial charge in [-0.1, -0.05) is 0 Å². The average molecular weight is 273 g/mol. The number of carbonyl (C=O) groups excluding carboxylic acids is 1. The molecule has 1 aromatic carbocycles. The molecule has 0 amide bonds. The van der Waals surface area contributed by atoms with Gasteiger partial charge in [0.15, 0.2) is 11.6 Å². The Hall–Kier alpha value is -2.92. The second kappa shape index (κ2) is 5.38. The lowest BCUT2D eigenvalue weighted by Gasteiger charge is -2.05. The monoisotopic (exact) mass is 273 g/mol. The van der Waals surface area contributed by atoms with Crippen LogP contribution in [0.25, 0.3) is 0 Å². The zero-order valence-electron chi connectivity index (χ0n) is 10.6. The Labute approximate surface area is 114 Å². The van der Waals surface area contributed by atoms with Crippen LogP contribution in [0.4, 0.5) is 5.69 Å². The molecule has 0 saturated carbocycles. The standard InChI is InChI=1S/C13H11N3O4/c1-2-20-12-10(7-17)11(15-13(12)14)8-3-5-9(6-4-8)16(18)19/h3-6H,2,14H2,1H3. The molecule has 0 saturated heterocycles. The fourth-order valence-corrected chi connectivity index (χ4v) is 1.80. The second-order valence-electron chi connectivity index (χ2n) is 3.89. The van der Waals surface area contributed by atoms with Gasteiger partial charge in [-0.05, 0) is 19.1 Å². The zero-order chi connectivity index (χ0) is 14.7. The number of non-ortho nitro benzene ring substituents is 1. The Balaban J connectivity index is 2.38. The largest absolute Gasteiger partial charge is 0.489 e. The molecule has 1 aliphatic heterocycles. The fraction of sp³-hybridized carbons (Fsp3) is 0.154. The number of nitrogens with zero attached hydrogens (tertiary/aromatic N) is 2. The lowest BCUT2D eigenvalue weighted by atomic mass is 10.0. The SMILES string of the molecule is CCOC1=C(N)N=C(c2ccc([N+](=O)[O-])cc2)C1=C=O. The molecular weight excluding hydrogens is 262 g/mol. The number of hydrogen-bond acceptors (Lipinski definition) is 6. The van der Waals surface area contributed by atoms with Crippen LogP contribution in [0.15, 0.2) is 46.4 Å². The van der Waals surface area contributed by atoms with E-state index in [4.69, 9.17) is 10.5 Å². The number of aliphatic imine (C=N–C) groups is 1. The van der Waals surface area contributed by atoms with E-state index in [0.717, 1.165) is 0 Å². The van der Waals surface area contributed by atoms with E-state index < -0.39 is 4.92 Å². The summed E-state index contributed by atoms with van der Waals surface area (Å²) in [4.78, 5) is 25.2. The molecule has 102 valence electrons. The summed E-state index contributed by atoms with van der Waals surface area (Å²) in [5.41, 5.74) is 6.61. The first-order valence-corrected chi connectivity index (χ1v) is 5.80.